The number of H-pyrrole nitrogens is 1. The first-order valence-corrected chi connectivity index (χ1v) is 5.70. The second-order valence-corrected chi connectivity index (χ2v) is 3.93. The fraction of sp³-hybridized carbons (Fsp3) is 0.333. The molecule has 0 fully saturated rings. The quantitative estimate of drug-likeness (QED) is 0.872. The Labute approximate surface area is 104 Å². The number of carboxylic acid groups (broad SMARTS) is 1. The van der Waals surface area contributed by atoms with Crippen LogP contribution in [-0.2, 0) is 0 Å². The third-order valence-electron chi connectivity index (χ3n) is 2.61. The number of benzene rings is 1. The zero-order valence-corrected chi connectivity index (χ0v) is 10.3. The Morgan fingerprint density at radius 3 is 3.00 bits per heavy atom. The lowest BCUT2D eigenvalue weighted by atomic mass is 10.2. The molecule has 0 atom stereocenters. The summed E-state index contributed by atoms with van der Waals surface area (Å²) in [5.41, 5.74) is 2.03. The fourth-order valence-electron chi connectivity index (χ4n) is 1.64. The van der Waals surface area contributed by atoms with Gasteiger partial charge in [0, 0.05) is 13.1 Å². The molecule has 0 aliphatic heterocycles. The van der Waals surface area contributed by atoms with E-state index in [1.165, 1.54) is 7.05 Å². The number of aromatic amines is 1. The Bertz CT molecular complexity index is 565. The van der Waals surface area contributed by atoms with Crippen LogP contribution in [0.2, 0.25) is 0 Å². The molecular weight excluding hydrogens is 234 g/mol. The summed E-state index contributed by atoms with van der Waals surface area (Å²) in [7, 11) is 1.48. The van der Waals surface area contributed by atoms with E-state index < -0.39 is 6.09 Å². The number of ether oxygens (including phenoxy) is 1. The van der Waals surface area contributed by atoms with Crippen LogP contribution >= 0.6 is 0 Å². The predicted octanol–water partition coefficient (Wildman–Crippen LogP) is 2.47. The normalized spacial score (nSPS) is 10.6. The van der Waals surface area contributed by atoms with E-state index in [-0.39, 0.29) is 0 Å². The lowest BCUT2D eigenvalue weighted by molar-refractivity contribution is 0.203. The van der Waals surface area contributed by atoms with Gasteiger partial charge in [-0.25, -0.2) is 9.78 Å². The molecule has 1 amide bonds. The van der Waals surface area contributed by atoms with Gasteiger partial charge in [0.05, 0.1) is 29.7 Å². The summed E-state index contributed by atoms with van der Waals surface area (Å²) in [6.07, 6.45) is 1.39. The second kappa shape index (κ2) is 4.95. The van der Waals surface area contributed by atoms with Gasteiger partial charge < -0.3 is 14.8 Å². The van der Waals surface area contributed by atoms with Crippen molar-refractivity contribution in [3.8, 4) is 5.75 Å². The van der Waals surface area contributed by atoms with Crippen LogP contribution in [-0.4, -0.2) is 34.8 Å². The highest BCUT2D eigenvalue weighted by Crippen LogP contribution is 2.31. The van der Waals surface area contributed by atoms with E-state index in [1.54, 1.807) is 18.5 Å². The van der Waals surface area contributed by atoms with Crippen LogP contribution in [0.3, 0.4) is 0 Å². The van der Waals surface area contributed by atoms with Crippen LogP contribution in [0.15, 0.2) is 18.5 Å². The molecular formula is C12H15N3O3. The number of hydrogen-bond donors (Lipinski definition) is 2. The number of imidazole rings is 1. The number of nitrogens with one attached hydrogen (secondary N) is 1. The minimum absolute atomic E-state index is 0.496. The van der Waals surface area contributed by atoms with Crippen LogP contribution in [0.25, 0.3) is 11.0 Å². The highest BCUT2D eigenvalue weighted by Gasteiger charge is 2.16. The first-order chi connectivity index (χ1) is 8.63. The van der Waals surface area contributed by atoms with E-state index in [4.69, 9.17) is 9.84 Å². The largest absolute Gasteiger partial charge is 0.491 e. The minimum atomic E-state index is -1.04. The van der Waals surface area contributed by atoms with Gasteiger partial charge in [-0.3, -0.25) is 4.90 Å². The Balaban J connectivity index is 2.48. The summed E-state index contributed by atoms with van der Waals surface area (Å²) in [6, 6.07) is 3.47. The third kappa shape index (κ3) is 2.22. The van der Waals surface area contributed by atoms with E-state index in [9.17, 15) is 4.79 Å². The molecule has 0 bridgehead atoms. The summed E-state index contributed by atoms with van der Waals surface area (Å²) in [6.45, 7) is 2.54. The molecule has 0 aliphatic carbocycles. The van der Waals surface area contributed by atoms with Crippen molar-refractivity contribution in [3.63, 3.8) is 0 Å². The van der Waals surface area contributed by atoms with E-state index in [0.29, 0.717) is 23.6 Å². The lowest BCUT2D eigenvalue weighted by Gasteiger charge is -2.17. The number of amides is 1. The molecule has 0 unspecified atom stereocenters. The van der Waals surface area contributed by atoms with Gasteiger partial charge in [-0.1, -0.05) is 6.92 Å². The van der Waals surface area contributed by atoms with Crippen LogP contribution < -0.4 is 9.64 Å². The van der Waals surface area contributed by atoms with E-state index in [1.807, 2.05) is 6.92 Å². The Kier molecular flexibility index (Phi) is 3.36. The molecule has 0 radical (unpaired) electrons. The summed E-state index contributed by atoms with van der Waals surface area (Å²) < 4.78 is 5.58. The molecule has 2 rings (SSSR count). The van der Waals surface area contributed by atoms with Crippen LogP contribution in [0.4, 0.5) is 10.5 Å². The van der Waals surface area contributed by atoms with Gasteiger partial charge >= 0.3 is 6.09 Å². The van der Waals surface area contributed by atoms with Gasteiger partial charge in [-0.2, -0.15) is 0 Å². The predicted molar refractivity (Wildman–Crippen MR) is 68.3 cm³/mol. The Morgan fingerprint density at radius 1 is 1.56 bits per heavy atom. The van der Waals surface area contributed by atoms with Crippen molar-refractivity contribution >= 4 is 22.8 Å². The minimum Gasteiger partial charge on any atom is -0.491 e. The van der Waals surface area contributed by atoms with Crippen molar-refractivity contribution in [3.05, 3.63) is 18.5 Å². The first-order valence-electron chi connectivity index (χ1n) is 5.70. The Hall–Kier alpha value is -2.24. The van der Waals surface area contributed by atoms with Crippen LogP contribution in [0.5, 0.6) is 5.75 Å². The molecule has 18 heavy (non-hydrogen) atoms. The number of fused-ring (bicyclic) bond motifs is 1. The molecule has 1 aromatic heterocycles. The zero-order chi connectivity index (χ0) is 13.1. The van der Waals surface area contributed by atoms with Crippen molar-refractivity contribution in [1.29, 1.82) is 0 Å². The first kappa shape index (κ1) is 12.2. The van der Waals surface area contributed by atoms with Crippen LogP contribution in [0, 0.1) is 0 Å². The number of hydrogen-bond acceptors (Lipinski definition) is 3. The van der Waals surface area contributed by atoms with Gasteiger partial charge in [0.1, 0.15) is 5.75 Å². The van der Waals surface area contributed by atoms with Crippen LogP contribution in [0.1, 0.15) is 13.3 Å². The van der Waals surface area contributed by atoms with Gasteiger partial charge in [0.25, 0.3) is 0 Å². The molecule has 2 aromatic rings. The topological polar surface area (TPSA) is 78.5 Å². The third-order valence-corrected chi connectivity index (χ3v) is 2.61. The molecule has 2 N–H and O–H groups in total. The lowest BCUT2D eigenvalue weighted by Crippen LogP contribution is -2.24. The molecule has 0 saturated carbocycles. The summed E-state index contributed by atoms with van der Waals surface area (Å²) in [4.78, 5) is 19.3. The molecule has 96 valence electrons. The molecule has 1 aromatic carbocycles. The van der Waals surface area contributed by atoms with Crippen molar-refractivity contribution < 1.29 is 14.6 Å². The number of rotatable bonds is 4. The van der Waals surface area contributed by atoms with E-state index >= 15 is 0 Å². The molecule has 0 aliphatic rings. The Morgan fingerprint density at radius 2 is 2.33 bits per heavy atom. The highest BCUT2D eigenvalue weighted by molar-refractivity contribution is 5.92. The van der Waals surface area contributed by atoms with Crippen molar-refractivity contribution in [2.75, 3.05) is 18.6 Å². The average molecular weight is 249 g/mol. The molecule has 6 nitrogen and oxygen atoms in total. The van der Waals surface area contributed by atoms with Crippen molar-refractivity contribution in [1.82, 2.24) is 9.97 Å². The van der Waals surface area contributed by atoms with E-state index in [0.717, 1.165) is 16.8 Å². The summed E-state index contributed by atoms with van der Waals surface area (Å²) >= 11 is 0. The van der Waals surface area contributed by atoms with Gasteiger partial charge in [-0.15, -0.1) is 0 Å². The molecule has 0 saturated heterocycles. The van der Waals surface area contributed by atoms with E-state index in [2.05, 4.69) is 9.97 Å². The second-order valence-electron chi connectivity index (χ2n) is 3.93. The maximum Gasteiger partial charge on any atom is 0.411 e. The van der Waals surface area contributed by atoms with Gasteiger partial charge in [0.15, 0.2) is 0 Å². The highest BCUT2D eigenvalue weighted by atomic mass is 16.5. The van der Waals surface area contributed by atoms with Crippen molar-refractivity contribution in [2.24, 2.45) is 0 Å². The molecule has 6 heteroatoms. The van der Waals surface area contributed by atoms with Gasteiger partial charge in [-0.05, 0) is 12.5 Å². The maximum atomic E-state index is 11.0. The van der Waals surface area contributed by atoms with Gasteiger partial charge in [0.2, 0.25) is 0 Å². The number of aromatic nitrogens is 2. The molecule has 1 heterocycles. The monoisotopic (exact) mass is 249 g/mol. The summed E-state index contributed by atoms with van der Waals surface area (Å²) in [5.74, 6) is 0.540. The maximum absolute atomic E-state index is 11.0. The number of carbonyl (C=O) groups is 1. The fourth-order valence-corrected chi connectivity index (χ4v) is 1.64. The SMILES string of the molecule is CCCOc1cc2[nH]cnc2cc1N(C)C(=O)O. The average Bonchev–Trinajstić information content (AvgIpc) is 2.81. The smallest absolute Gasteiger partial charge is 0.411 e. The van der Waals surface area contributed by atoms with Crippen molar-refractivity contribution in [2.45, 2.75) is 13.3 Å². The molecule has 0 spiro atoms. The number of anilines is 1. The number of nitrogens with zero attached hydrogens (tertiary/aromatic N) is 2. The summed E-state index contributed by atoms with van der Waals surface area (Å²) in [5, 5.41) is 9.05. The zero-order valence-electron chi connectivity index (χ0n) is 10.3. The standard InChI is InChI=1S/C12H15N3O3/c1-3-4-18-11-6-9-8(13-7-14-9)5-10(11)15(2)12(16)17/h5-7H,3-4H2,1-2H3,(H,13,14)(H,16,17).